The summed E-state index contributed by atoms with van der Waals surface area (Å²) in [4.78, 5) is 11.4. The van der Waals surface area contributed by atoms with Gasteiger partial charge >= 0.3 is 5.97 Å². The molecule has 0 bridgehead atoms. The second-order valence-corrected chi connectivity index (χ2v) is 4.68. The Labute approximate surface area is 98.4 Å². The van der Waals surface area contributed by atoms with Crippen molar-refractivity contribution in [1.29, 1.82) is 0 Å². The maximum atomic E-state index is 11.4. The molecule has 0 aromatic heterocycles. The van der Waals surface area contributed by atoms with Crippen LogP contribution in [-0.2, 0) is 9.53 Å². The summed E-state index contributed by atoms with van der Waals surface area (Å²) in [6.45, 7) is 4.24. The monoisotopic (exact) mass is 222 g/mol. The highest BCUT2D eigenvalue weighted by atomic mass is 16.5. The number of carbonyl (C=O) groups excluding carboxylic acids is 1. The van der Waals surface area contributed by atoms with Crippen LogP contribution in [0.3, 0.4) is 0 Å². The maximum absolute atomic E-state index is 11.4. The number of esters is 1. The molecule has 0 saturated heterocycles. The van der Waals surface area contributed by atoms with Crippen molar-refractivity contribution < 1.29 is 9.53 Å². The molecule has 1 rings (SSSR count). The third-order valence-corrected chi connectivity index (χ3v) is 3.01. The number of carbonyl (C=O) groups is 1. The van der Waals surface area contributed by atoms with Crippen LogP contribution in [-0.4, -0.2) is 13.1 Å². The molecule has 0 fully saturated rings. The average molecular weight is 222 g/mol. The van der Waals surface area contributed by atoms with Gasteiger partial charge in [0.15, 0.2) is 0 Å². The Balaban J connectivity index is 2.41. The average Bonchev–Trinajstić information content (AvgIpc) is 2.28. The highest BCUT2D eigenvalue weighted by molar-refractivity contribution is 5.72. The Kier molecular flexibility index (Phi) is 5.30. The smallest absolute Gasteiger partial charge is 0.308 e. The lowest BCUT2D eigenvalue weighted by atomic mass is 9.87. The predicted molar refractivity (Wildman–Crippen MR) is 66.1 cm³/mol. The van der Waals surface area contributed by atoms with Crippen molar-refractivity contribution in [2.45, 2.75) is 46.0 Å². The molecule has 2 nitrogen and oxygen atoms in total. The molecule has 90 valence electrons. The largest absolute Gasteiger partial charge is 0.469 e. The molecule has 0 aromatic rings. The molecule has 0 saturated carbocycles. The Hall–Kier alpha value is -1.05. The molecule has 0 N–H and O–H groups in total. The third kappa shape index (κ3) is 4.21. The van der Waals surface area contributed by atoms with Crippen LogP contribution in [0.25, 0.3) is 0 Å². The molecule has 0 amide bonds. The van der Waals surface area contributed by atoms with Gasteiger partial charge in [-0.3, -0.25) is 4.79 Å². The third-order valence-electron chi connectivity index (χ3n) is 3.01. The van der Waals surface area contributed by atoms with Gasteiger partial charge in [-0.05, 0) is 46.0 Å². The number of ether oxygens (including phenoxy) is 1. The Bertz CT molecular complexity index is 296. The van der Waals surface area contributed by atoms with Crippen molar-refractivity contribution in [2.24, 2.45) is 5.92 Å². The lowest BCUT2D eigenvalue weighted by Gasteiger charge is -2.20. The molecule has 0 heterocycles. The summed E-state index contributed by atoms with van der Waals surface area (Å²) in [6.07, 6.45) is 9.56. The van der Waals surface area contributed by atoms with Gasteiger partial charge in [0.05, 0.1) is 13.0 Å². The Morgan fingerprint density at radius 2 is 2.31 bits per heavy atom. The minimum Gasteiger partial charge on any atom is -0.469 e. The van der Waals surface area contributed by atoms with E-state index in [-0.39, 0.29) is 11.9 Å². The molecule has 0 spiro atoms. The summed E-state index contributed by atoms with van der Waals surface area (Å²) in [5.74, 6) is 0.0458. The van der Waals surface area contributed by atoms with Crippen LogP contribution in [0, 0.1) is 5.92 Å². The zero-order valence-electron chi connectivity index (χ0n) is 10.6. The van der Waals surface area contributed by atoms with Crippen molar-refractivity contribution in [3.63, 3.8) is 0 Å². The van der Waals surface area contributed by atoms with E-state index < -0.39 is 0 Å². The van der Waals surface area contributed by atoms with Gasteiger partial charge in [0.2, 0.25) is 0 Å². The lowest BCUT2D eigenvalue weighted by molar-refractivity contribution is -0.145. The molecular weight excluding hydrogens is 200 g/mol. The normalized spacial score (nSPS) is 19.9. The minimum absolute atomic E-state index is 0.0483. The van der Waals surface area contributed by atoms with E-state index in [0.29, 0.717) is 0 Å². The van der Waals surface area contributed by atoms with E-state index in [1.807, 2.05) is 0 Å². The maximum Gasteiger partial charge on any atom is 0.308 e. The zero-order chi connectivity index (χ0) is 12.0. The number of rotatable bonds is 4. The molecule has 0 radical (unpaired) electrons. The molecule has 1 atom stereocenters. The summed E-state index contributed by atoms with van der Waals surface area (Å²) < 4.78 is 4.80. The molecule has 1 unspecified atom stereocenters. The number of methoxy groups -OCH3 is 1. The van der Waals surface area contributed by atoms with Crippen LogP contribution in [0.15, 0.2) is 23.3 Å². The molecule has 0 aliphatic heterocycles. The second-order valence-electron chi connectivity index (χ2n) is 4.68. The van der Waals surface area contributed by atoms with Gasteiger partial charge in [-0.1, -0.05) is 23.3 Å². The first-order valence-corrected chi connectivity index (χ1v) is 6.02. The topological polar surface area (TPSA) is 26.3 Å². The summed E-state index contributed by atoms with van der Waals surface area (Å²) in [5, 5.41) is 0. The first-order chi connectivity index (χ1) is 7.63. The number of hydrogen-bond donors (Lipinski definition) is 0. The van der Waals surface area contributed by atoms with E-state index in [1.165, 1.54) is 18.3 Å². The first kappa shape index (κ1) is 13.0. The van der Waals surface area contributed by atoms with Crippen molar-refractivity contribution in [2.75, 3.05) is 7.11 Å². The van der Waals surface area contributed by atoms with Gasteiger partial charge in [-0.15, -0.1) is 0 Å². The molecule has 1 aliphatic rings. The second kappa shape index (κ2) is 6.51. The van der Waals surface area contributed by atoms with E-state index >= 15 is 0 Å². The van der Waals surface area contributed by atoms with Crippen molar-refractivity contribution in [1.82, 2.24) is 0 Å². The molecular formula is C14H22O2. The fourth-order valence-electron chi connectivity index (χ4n) is 2.11. The summed E-state index contributed by atoms with van der Waals surface area (Å²) >= 11 is 0. The highest BCUT2D eigenvalue weighted by Gasteiger charge is 2.22. The van der Waals surface area contributed by atoms with Gasteiger partial charge < -0.3 is 4.74 Å². The van der Waals surface area contributed by atoms with Gasteiger partial charge in [0.25, 0.3) is 0 Å². The van der Waals surface area contributed by atoms with Crippen molar-refractivity contribution in [3.8, 4) is 0 Å². The first-order valence-electron chi connectivity index (χ1n) is 6.02. The van der Waals surface area contributed by atoms with E-state index in [0.717, 1.165) is 32.1 Å². The Morgan fingerprint density at radius 1 is 1.56 bits per heavy atom. The van der Waals surface area contributed by atoms with Gasteiger partial charge in [-0.2, -0.15) is 0 Å². The summed E-state index contributed by atoms with van der Waals surface area (Å²) in [5.41, 5.74) is 2.78. The molecule has 1 aliphatic carbocycles. The number of allylic oxidation sites excluding steroid dienone is 4. The summed E-state index contributed by atoms with van der Waals surface area (Å²) in [7, 11) is 1.48. The fraction of sp³-hybridized carbons (Fsp3) is 0.643. The van der Waals surface area contributed by atoms with Crippen molar-refractivity contribution in [3.05, 3.63) is 23.3 Å². The molecule has 16 heavy (non-hydrogen) atoms. The van der Waals surface area contributed by atoms with Crippen LogP contribution in [0.2, 0.25) is 0 Å². The highest BCUT2D eigenvalue weighted by Crippen LogP contribution is 2.27. The quantitative estimate of drug-likeness (QED) is 0.536. The zero-order valence-corrected chi connectivity index (χ0v) is 10.6. The van der Waals surface area contributed by atoms with E-state index in [4.69, 9.17) is 4.74 Å². The standard InChI is InChI=1S/C14H22O2/c1-11(2)6-4-7-12-8-5-9-13(10-12)14(15)16-3/h6,8,13H,4-5,7,9-10H2,1-3H3. The van der Waals surface area contributed by atoms with Crippen LogP contribution < -0.4 is 0 Å². The van der Waals surface area contributed by atoms with Gasteiger partial charge in [0.1, 0.15) is 0 Å². The lowest BCUT2D eigenvalue weighted by Crippen LogP contribution is -2.19. The van der Waals surface area contributed by atoms with Gasteiger partial charge in [-0.25, -0.2) is 0 Å². The van der Waals surface area contributed by atoms with Crippen LogP contribution in [0.1, 0.15) is 46.0 Å². The van der Waals surface area contributed by atoms with Crippen LogP contribution in [0.5, 0.6) is 0 Å². The van der Waals surface area contributed by atoms with Crippen LogP contribution >= 0.6 is 0 Å². The van der Waals surface area contributed by atoms with E-state index in [1.54, 1.807) is 0 Å². The SMILES string of the molecule is COC(=O)C1CCC=C(CCC=C(C)C)C1. The predicted octanol–water partition coefficient (Wildman–Crippen LogP) is 3.63. The fourth-order valence-corrected chi connectivity index (χ4v) is 2.11. The van der Waals surface area contributed by atoms with E-state index in [2.05, 4.69) is 26.0 Å². The number of hydrogen-bond acceptors (Lipinski definition) is 2. The minimum atomic E-state index is -0.0483. The van der Waals surface area contributed by atoms with Crippen LogP contribution in [0.4, 0.5) is 0 Å². The summed E-state index contributed by atoms with van der Waals surface area (Å²) in [6, 6.07) is 0. The molecule has 2 heteroatoms. The van der Waals surface area contributed by atoms with Crippen molar-refractivity contribution >= 4 is 5.97 Å². The van der Waals surface area contributed by atoms with Gasteiger partial charge in [0, 0.05) is 0 Å². The Morgan fingerprint density at radius 3 is 2.94 bits per heavy atom. The molecule has 0 aromatic carbocycles. The van der Waals surface area contributed by atoms with E-state index in [9.17, 15) is 4.79 Å².